The second kappa shape index (κ2) is 8.82. The van der Waals surface area contributed by atoms with E-state index >= 15 is 0 Å². The van der Waals surface area contributed by atoms with E-state index in [2.05, 4.69) is 20.6 Å². The number of rotatable bonds is 8. The molecule has 26 heavy (non-hydrogen) atoms. The van der Waals surface area contributed by atoms with E-state index in [1.165, 1.54) is 0 Å². The van der Waals surface area contributed by atoms with Gasteiger partial charge in [-0.05, 0) is 12.1 Å². The highest BCUT2D eigenvalue weighted by atomic mass is 16.5. The average Bonchev–Trinajstić information content (AvgIpc) is 2.69. The molecule has 0 spiro atoms. The first kappa shape index (κ1) is 17.7. The maximum absolute atomic E-state index is 5.40. The van der Waals surface area contributed by atoms with Gasteiger partial charge in [0, 0.05) is 25.3 Å². The van der Waals surface area contributed by atoms with E-state index < -0.39 is 0 Å². The zero-order chi connectivity index (χ0) is 18.2. The summed E-state index contributed by atoms with van der Waals surface area (Å²) in [6.07, 6.45) is 0. The van der Waals surface area contributed by atoms with Gasteiger partial charge in [-0.25, -0.2) is 9.97 Å². The van der Waals surface area contributed by atoms with Crippen molar-refractivity contribution in [3.05, 3.63) is 60.7 Å². The van der Waals surface area contributed by atoms with Crippen LogP contribution in [0.4, 0.5) is 17.3 Å². The molecule has 6 nitrogen and oxygen atoms in total. The van der Waals surface area contributed by atoms with Gasteiger partial charge in [-0.2, -0.15) is 0 Å². The van der Waals surface area contributed by atoms with Gasteiger partial charge in [0.15, 0.2) is 5.82 Å². The Morgan fingerprint density at radius 3 is 2.38 bits per heavy atom. The number of nitrogens with zero attached hydrogens (tertiary/aromatic N) is 2. The van der Waals surface area contributed by atoms with Crippen LogP contribution in [0.5, 0.6) is 5.75 Å². The van der Waals surface area contributed by atoms with Crippen LogP contribution >= 0.6 is 0 Å². The standard InChI is InChI=1S/C20H22N4O2/c1-25-13-12-21-18-14-19(22-16-10-6-7-11-17(16)26-2)24-20(23-18)15-8-4-3-5-9-15/h3-11,14H,12-13H2,1-2H3,(H2,21,22,23,24). The van der Waals surface area contributed by atoms with Gasteiger partial charge >= 0.3 is 0 Å². The fourth-order valence-corrected chi connectivity index (χ4v) is 2.49. The summed E-state index contributed by atoms with van der Waals surface area (Å²) < 4.78 is 10.5. The largest absolute Gasteiger partial charge is 0.495 e. The van der Waals surface area contributed by atoms with Gasteiger partial charge in [0.25, 0.3) is 0 Å². The summed E-state index contributed by atoms with van der Waals surface area (Å²) in [5, 5.41) is 6.58. The number of nitrogens with one attached hydrogen (secondary N) is 2. The molecule has 0 unspecified atom stereocenters. The number of aromatic nitrogens is 2. The van der Waals surface area contributed by atoms with Crippen molar-refractivity contribution >= 4 is 17.3 Å². The highest BCUT2D eigenvalue weighted by Gasteiger charge is 2.09. The summed E-state index contributed by atoms with van der Waals surface area (Å²) in [4.78, 5) is 9.26. The molecule has 0 saturated carbocycles. The molecule has 0 aliphatic rings. The predicted octanol–water partition coefficient (Wildman–Crippen LogP) is 3.95. The Morgan fingerprint density at radius 1 is 0.885 bits per heavy atom. The first-order chi connectivity index (χ1) is 12.8. The minimum absolute atomic E-state index is 0.597. The maximum atomic E-state index is 5.40. The Kier molecular flexibility index (Phi) is 6.01. The van der Waals surface area contributed by atoms with E-state index in [1.54, 1.807) is 14.2 Å². The third-order valence-corrected chi connectivity index (χ3v) is 3.74. The lowest BCUT2D eigenvalue weighted by Gasteiger charge is -2.13. The van der Waals surface area contributed by atoms with E-state index in [0.29, 0.717) is 24.8 Å². The summed E-state index contributed by atoms with van der Waals surface area (Å²) in [6.45, 7) is 1.26. The Hall–Kier alpha value is -3.12. The van der Waals surface area contributed by atoms with Crippen LogP contribution < -0.4 is 15.4 Å². The van der Waals surface area contributed by atoms with Crippen molar-refractivity contribution in [2.45, 2.75) is 0 Å². The minimum atomic E-state index is 0.597. The van der Waals surface area contributed by atoms with Crippen molar-refractivity contribution in [1.29, 1.82) is 0 Å². The van der Waals surface area contributed by atoms with Crippen molar-refractivity contribution in [2.75, 3.05) is 38.0 Å². The van der Waals surface area contributed by atoms with Gasteiger partial charge in [0.2, 0.25) is 0 Å². The SMILES string of the molecule is COCCNc1cc(Nc2ccccc2OC)nc(-c2ccccc2)n1. The minimum Gasteiger partial charge on any atom is -0.495 e. The van der Waals surface area contributed by atoms with Gasteiger partial charge < -0.3 is 20.1 Å². The lowest BCUT2D eigenvalue weighted by Crippen LogP contribution is -2.10. The smallest absolute Gasteiger partial charge is 0.163 e. The number of para-hydroxylation sites is 2. The van der Waals surface area contributed by atoms with Crippen LogP contribution in [0.1, 0.15) is 0 Å². The molecule has 0 saturated heterocycles. The molecule has 2 aromatic carbocycles. The molecule has 3 aromatic rings. The first-order valence-electron chi connectivity index (χ1n) is 8.37. The number of hydrogen-bond donors (Lipinski definition) is 2. The quantitative estimate of drug-likeness (QED) is 0.600. The zero-order valence-corrected chi connectivity index (χ0v) is 14.9. The molecule has 0 aliphatic heterocycles. The molecule has 2 N–H and O–H groups in total. The molecule has 1 aromatic heterocycles. The molecule has 0 bridgehead atoms. The van der Waals surface area contributed by atoms with E-state index in [9.17, 15) is 0 Å². The van der Waals surface area contributed by atoms with E-state index in [4.69, 9.17) is 9.47 Å². The third kappa shape index (κ3) is 4.49. The summed E-state index contributed by atoms with van der Waals surface area (Å²) in [6, 6.07) is 19.5. The molecule has 0 fully saturated rings. The molecule has 1 heterocycles. The van der Waals surface area contributed by atoms with Crippen LogP contribution in [0.2, 0.25) is 0 Å². The van der Waals surface area contributed by atoms with Gasteiger partial charge in [-0.15, -0.1) is 0 Å². The highest BCUT2D eigenvalue weighted by molar-refractivity contribution is 5.68. The monoisotopic (exact) mass is 350 g/mol. The van der Waals surface area contributed by atoms with Crippen molar-refractivity contribution in [3.63, 3.8) is 0 Å². The predicted molar refractivity (Wildman–Crippen MR) is 104 cm³/mol. The number of anilines is 3. The van der Waals surface area contributed by atoms with Crippen molar-refractivity contribution < 1.29 is 9.47 Å². The number of benzene rings is 2. The van der Waals surface area contributed by atoms with Crippen LogP contribution in [0.3, 0.4) is 0 Å². The Labute approximate surface area is 153 Å². The second-order valence-corrected chi connectivity index (χ2v) is 5.57. The fourth-order valence-electron chi connectivity index (χ4n) is 2.49. The van der Waals surface area contributed by atoms with E-state index in [0.717, 1.165) is 22.8 Å². The Bertz CT molecular complexity index is 840. The lowest BCUT2D eigenvalue weighted by atomic mass is 10.2. The Balaban J connectivity index is 1.93. The van der Waals surface area contributed by atoms with Crippen LogP contribution in [0.15, 0.2) is 60.7 Å². The summed E-state index contributed by atoms with van der Waals surface area (Å²) in [5.41, 5.74) is 1.79. The van der Waals surface area contributed by atoms with Crippen LogP contribution in [-0.2, 0) is 4.74 Å². The topological polar surface area (TPSA) is 68.3 Å². The molecule has 0 radical (unpaired) electrons. The first-order valence-corrected chi connectivity index (χ1v) is 8.37. The van der Waals surface area contributed by atoms with Gasteiger partial charge in [-0.1, -0.05) is 42.5 Å². The third-order valence-electron chi connectivity index (χ3n) is 3.74. The maximum Gasteiger partial charge on any atom is 0.163 e. The van der Waals surface area contributed by atoms with Crippen molar-refractivity contribution in [2.24, 2.45) is 0 Å². The molecular weight excluding hydrogens is 328 g/mol. The molecule has 6 heteroatoms. The second-order valence-electron chi connectivity index (χ2n) is 5.57. The molecular formula is C20H22N4O2. The molecule has 3 rings (SSSR count). The van der Waals surface area contributed by atoms with Gasteiger partial charge in [-0.3, -0.25) is 0 Å². The lowest BCUT2D eigenvalue weighted by molar-refractivity contribution is 0.210. The average molecular weight is 350 g/mol. The summed E-state index contributed by atoms with van der Waals surface area (Å²) in [5.74, 6) is 2.81. The highest BCUT2D eigenvalue weighted by Crippen LogP contribution is 2.28. The number of ether oxygens (including phenoxy) is 2. The Morgan fingerprint density at radius 2 is 1.62 bits per heavy atom. The van der Waals surface area contributed by atoms with Crippen molar-refractivity contribution in [1.82, 2.24) is 9.97 Å². The summed E-state index contributed by atoms with van der Waals surface area (Å²) >= 11 is 0. The van der Waals surface area contributed by atoms with Crippen LogP contribution in [0, 0.1) is 0 Å². The number of methoxy groups -OCH3 is 2. The fraction of sp³-hybridized carbons (Fsp3) is 0.200. The van der Waals surface area contributed by atoms with Crippen molar-refractivity contribution in [3.8, 4) is 17.1 Å². The van der Waals surface area contributed by atoms with Crippen LogP contribution in [0.25, 0.3) is 11.4 Å². The normalized spacial score (nSPS) is 10.4. The van der Waals surface area contributed by atoms with E-state index in [-0.39, 0.29) is 0 Å². The van der Waals surface area contributed by atoms with Gasteiger partial charge in [0.05, 0.1) is 19.4 Å². The molecule has 134 valence electrons. The summed E-state index contributed by atoms with van der Waals surface area (Å²) in [7, 11) is 3.32. The number of hydrogen-bond acceptors (Lipinski definition) is 6. The van der Waals surface area contributed by atoms with Gasteiger partial charge in [0.1, 0.15) is 17.4 Å². The van der Waals surface area contributed by atoms with E-state index in [1.807, 2.05) is 60.7 Å². The molecule has 0 aliphatic carbocycles. The molecule has 0 amide bonds. The molecule has 0 atom stereocenters. The zero-order valence-electron chi connectivity index (χ0n) is 14.9. The van der Waals surface area contributed by atoms with Crippen LogP contribution in [-0.4, -0.2) is 37.3 Å².